The van der Waals surface area contributed by atoms with Gasteiger partial charge in [-0.25, -0.2) is 4.68 Å². The molecular weight excluding hydrogens is 350 g/mol. The second kappa shape index (κ2) is 7.31. The van der Waals surface area contributed by atoms with Crippen LogP contribution in [0.1, 0.15) is 31.3 Å². The Hall–Kier alpha value is -3.41. The van der Waals surface area contributed by atoms with Crippen LogP contribution in [0, 0.1) is 0 Å². The Bertz CT molecular complexity index is 1110. The molecule has 4 heterocycles. The lowest BCUT2D eigenvalue weighted by atomic mass is 10.1. The zero-order valence-corrected chi connectivity index (χ0v) is 16.3. The fourth-order valence-corrected chi connectivity index (χ4v) is 3.43. The smallest absolute Gasteiger partial charge is 0.274 e. The van der Waals surface area contributed by atoms with E-state index >= 15 is 0 Å². The van der Waals surface area contributed by atoms with Gasteiger partial charge in [-0.3, -0.25) is 9.78 Å². The number of hydrogen-bond acceptors (Lipinski definition) is 3. The van der Waals surface area contributed by atoms with Crippen LogP contribution < -0.4 is 0 Å². The van der Waals surface area contributed by atoms with E-state index in [0.29, 0.717) is 12.2 Å². The van der Waals surface area contributed by atoms with Crippen LogP contribution in [0.15, 0.2) is 67.3 Å². The number of fused-ring (bicyclic) bond motifs is 1. The first-order valence-corrected chi connectivity index (χ1v) is 9.47. The number of pyridine rings is 2. The van der Waals surface area contributed by atoms with Crippen LogP contribution in [-0.2, 0) is 0 Å². The van der Waals surface area contributed by atoms with Gasteiger partial charge in [0.05, 0.1) is 0 Å². The van der Waals surface area contributed by atoms with Crippen molar-refractivity contribution in [3.8, 4) is 16.9 Å². The maximum atomic E-state index is 12.7. The average Bonchev–Trinajstić information content (AvgIpc) is 3.35. The van der Waals surface area contributed by atoms with Crippen LogP contribution in [-0.4, -0.2) is 42.6 Å². The summed E-state index contributed by atoms with van der Waals surface area (Å²) in [6.07, 6.45) is 7.51. The highest BCUT2D eigenvalue weighted by Gasteiger charge is 2.20. The lowest BCUT2D eigenvalue weighted by molar-refractivity contribution is 0.0710. The van der Waals surface area contributed by atoms with Crippen LogP contribution in [0.4, 0.5) is 0 Å². The summed E-state index contributed by atoms with van der Waals surface area (Å²) in [5, 5.41) is 4.55. The molecule has 0 saturated carbocycles. The maximum Gasteiger partial charge on any atom is 0.274 e. The SMILES string of the molecule is CCN(C(=O)c1ccn(-c2ccc3ccc(-c4cccnc4)cn23)n1)C(C)C. The summed E-state index contributed by atoms with van der Waals surface area (Å²) < 4.78 is 3.82. The lowest BCUT2D eigenvalue weighted by Gasteiger charge is -2.24. The van der Waals surface area contributed by atoms with E-state index in [4.69, 9.17) is 0 Å². The molecule has 0 bridgehead atoms. The normalized spacial score (nSPS) is 11.3. The molecule has 4 aromatic rings. The van der Waals surface area contributed by atoms with Crippen molar-refractivity contribution in [2.24, 2.45) is 0 Å². The van der Waals surface area contributed by atoms with E-state index in [2.05, 4.69) is 32.8 Å². The molecule has 6 nitrogen and oxygen atoms in total. The molecule has 0 saturated heterocycles. The zero-order valence-electron chi connectivity index (χ0n) is 16.3. The minimum Gasteiger partial charge on any atom is -0.335 e. The summed E-state index contributed by atoms with van der Waals surface area (Å²) in [5.41, 5.74) is 3.63. The quantitative estimate of drug-likeness (QED) is 0.530. The Morgan fingerprint density at radius 3 is 2.64 bits per heavy atom. The molecule has 0 aliphatic carbocycles. The fraction of sp³-hybridized carbons (Fsp3) is 0.227. The number of hydrogen-bond donors (Lipinski definition) is 0. The standard InChI is InChI=1S/C22H23N5O/c1-4-25(16(2)3)22(28)20-11-13-27(24-20)21-10-9-19-8-7-18(15-26(19)21)17-6-5-12-23-14-17/h5-16H,4H2,1-3H3. The second-order valence-corrected chi connectivity index (χ2v) is 6.98. The van der Waals surface area contributed by atoms with Crippen LogP contribution in [0.5, 0.6) is 0 Å². The molecule has 0 N–H and O–H groups in total. The topological polar surface area (TPSA) is 55.4 Å². The summed E-state index contributed by atoms with van der Waals surface area (Å²) >= 11 is 0. The number of carbonyl (C=O) groups is 1. The van der Waals surface area contributed by atoms with Gasteiger partial charge in [-0.05, 0) is 56.7 Å². The number of rotatable bonds is 5. The predicted octanol–water partition coefficient (Wildman–Crippen LogP) is 4.06. The van der Waals surface area contributed by atoms with Crippen molar-refractivity contribution in [1.29, 1.82) is 0 Å². The number of amides is 1. The molecule has 0 atom stereocenters. The Morgan fingerprint density at radius 1 is 1.11 bits per heavy atom. The minimum atomic E-state index is -0.0480. The summed E-state index contributed by atoms with van der Waals surface area (Å²) in [5.74, 6) is 0.834. The van der Waals surface area contributed by atoms with E-state index in [0.717, 1.165) is 22.5 Å². The van der Waals surface area contributed by atoms with Gasteiger partial charge in [-0.15, -0.1) is 0 Å². The predicted molar refractivity (Wildman–Crippen MR) is 110 cm³/mol. The highest BCUT2D eigenvalue weighted by molar-refractivity contribution is 5.92. The Kier molecular flexibility index (Phi) is 4.69. The largest absolute Gasteiger partial charge is 0.335 e. The Labute approximate surface area is 164 Å². The van der Waals surface area contributed by atoms with E-state index in [1.54, 1.807) is 16.9 Å². The van der Waals surface area contributed by atoms with E-state index < -0.39 is 0 Å². The van der Waals surface area contributed by atoms with Crippen molar-refractivity contribution in [1.82, 2.24) is 24.1 Å². The molecule has 0 radical (unpaired) electrons. The molecule has 4 aromatic heterocycles. The molecular formula is C22H23N5O. The number of carbonyl (C=O) groups excluding carboxylic acids is 1. The third-order valence-electron chi connectivity index (χ3n) is 4.89. The molecule has 0 fully saturated rings. The van der Waals surface area contributed by atoms with Gasteiger partial charge in [0.2, 0.25) is 0 Å². The van der Waals surface area contributed by atoms with Crippen LogP contribution in [0.25, 0.3) is 22.5 Å². The van der Waals surface area contributed by atoms with Gasteiger partial charge in [-0.2, -0.15) is 5.10 Å². The van der Waals surface area contributed by atoms with E-state index in [9.17, 15) is 4.79 Å². The molecule has 0 spiro atoms. The van der Waals surface area contributed by atoms with E-state index in [1.165, 1.54) is 0 Å². The molecule has 6 heteroatoms. The van der Waals surface area contributed by atoms with Crippen molar-refractivity contribution in [2.45, 2.75) is 26.8 Å². The van der Waals surface area contributed by atoms with Crippen molar-refractivity contribution in [3.63, 3.8) is 0 Å². The molecule has 0 aromatic carbocycles. The van der Waals surface area contributed by atoms with Gasteiger partial charge in [0, 0.05) is 48.5 Å². The monoisotopic (exact) mass is 373 g/mol. The van der Waals surface area contributed by atoms with Crippen LogP contribution in [0.2, 0.25) is 0 Å². The van der Waals surface area contributed by atoms with Gasteiger partial charge in [0.15, 0.2) is 5.69 Å². The summed E-state index contributed by atoms with van der Waals surface area (Å²) in [7, 11) is 0. The molecule has 142 valence electrons. The van der Waals surface area contributed by atoms with Gasteiger partial charge in [-0.1, -0.05) is 12.1 Å². The Morgan fingerprint density at radius 2 is 1.93 bits per heavy atom. The molecule has 0 aliphatic heterocycles. The summed E-state index contributed by atoms with van der Waals surface area (Å²) in [4.78, 5) is 18.8. The molecule has 28 heavy (non-hydrogen) atoms. The number of aromatic nitrogens is 4. The molecule has 4 rings (SSSR count). The first-order valence-electron chi connectivity index (χ1n) is 9.47. The van der Waals surface area contributed by atoms with Gasteiger partial charge in [0.25, 0.3) is 5.91 Å². The van der Waals surface area contributed by atoms with Crippen molar-refractivity contribution < 1.29 is 4.79 Å². The Balaban J connectivity index is 1.72. The summed E-state index contributed by atoms with van der Waals surface area (Å²) in [6, 6.07) is 14.1. The van der Waals surface area contributed by atoms with Crippen molar-refractivity contribution >= 4 is 11.4 Å². The molecule has 0 aliphatic rings. The second-order valence-electron chi connectivity index (χ2n) is 6.98. The highest BCUT2D eigenvalue weighted by atomic mass is 16.2. The summed E-state index contributed by atoms with van der Waals surface area (Å²) in [6.45, 7) is 6.67. The third kappa shape index (κ3) is 3.17. The van der Waals surface area contributed by atoms with Gasteiger partial charge < -0.3 is 9.30 Å². The van der Waals surface area contributed by atoms with Crippen molar-refractivity contribution in [3.05, 3.63) is 72.9 Å². The van der Waals surface area contributed by atoms with Crippen LogP contribution in [0.3, 0.4) is 0 Å². The first-order chi connectivity index (χ1) is 13.6. The molecule has 1 amide bonds. The molecule has 0 unspecified atom stereocenters. The number of nitrogens with zero attached hydrogens (tertiary/aromatic N) is 5. The lowest BCUT2D eigenvalue weighted by Crippen LogP contribution is -2.37. The van der Waals surface area contributed by atoms with Gasteiger partial charge in [0.1, 0.15) is 5.82 Å². The van der Waals surface area contributed by atoms with Gasteiger partial charge >= 0.3 is 0 Å². The minimum absolute atomic E-state index is 0.0480. The maximum absolute atomic E-state index is 12.7. The average molecular weight is 373 g/mol. The first kappa shape index (κ1) is 18.0. The highest BCUT2D eigenvalue weighted by Crippen LogP contribution is 2.22. The fourth-order valence-electron chi connectivity index (χ4n) is 3.43. The van der Waals surface area contributed by atoms with E-state index in [1.807, 2.05) is 62.3 Å². The van der Waals surface area contributed by atoms with E-state index in [-0.39, 0.29) is 11.9 Å². The third-order valence-corrected chi connectivity index (χ3v) is 4.89. The zero-order chi connectivity index (χ0) is 19.7. The van der Waals surface area contributed by atoms with Crippen molar-refractivity contribution in [2.75, 3.05) is 6.54 Å². The van der Waals surface area contributed by atoms with Crippen LogP contribution >= 0.6 is 0 Å².